The van der Waals surface area contributed by atoms with E-state index in [9.17, 15) is 4.79 Å². The van der Waals surface area contributed by atoms with E-state index < -0.39 is 5.97 Å². The molecule has 106 valence electrons. The maximum Gasteiger partial charge on any atom is 0.307 e. The molecule has 0 saturated heterocycles. The van der Waals surface area contributed by atoms with E-state index in [-0.39, 0.29) is 6.42 Å². The first-order valence-corrected chi connectivity index (χ1v) is 6.57. The minimum atomic E-state index is -0.854. The van der Waals surface area contributed by atoms with Crippen molar-refractivity contribution in [2.75, 3.05) is 0 Å². The van der Waals surface area contributed by atoms with Crippen LogP contribution in [0.1, 0.15) is 11.3 Å². The normalized spacial score (nSPS) is 10.7. The molecule has 0 radical (unpaired) electrons. The fourth-order valence-electron chi connectivity index (χ4n) is 2.13. The number of carboxylic acids is 1. The second-order valence-electron chi connectivity index (χ2n) is 4.70. The number of imidazole rings is 1. The van der Waals surface area contributed by atoms with Crippen molar-refractivity contribution in [2.45, 2.75) is 13.0 Å². The quantitative estimate of drug-likeness (QED) is 0.781. The standard InChI is InChI=1S/C16H14N2O3/c19-16(20)9-12-4-3-5-14(8-12)21-11-13-10-18-7-2-1-6-15(18)17-13/h1-8,10H,9,11H2,(H,19,20). The number of benzene rings is 1. The summed E-state index contributed by atoms with van der Waals surface area (Å²) < 4.78 is 7.61. The number of hydrogen-bond donors (Lipinski definition) is 1. The molecule has 0 unspecified atom stereocenters. The van der Waals surface area contributed by atoms with Gasteiger partial charge in [0.05, 0.1) is 12.1 Å². The Morgan fingerprint density at radius 3 is 2.95 bits per heavy atom. The van der Waals surface area contributed by atoms with Crippen LogP contribution in [-0.4, -0.2) is 20.5 Å². The van der Waals surface area contributed by atoms with E-state index in [1.54, 1.807) is 24.3 Å². The first-order chi connectivity index (χ1) is 10.2. The Hall–Kier alpha value is -2.82. The van der Waals surface area contributed by atoms with Gasteiger partial charge in [0, 0.05) is 12.4 Å². The molecule has 3 rings (SSSR count). The van der Waals surface area contributed by atoms with Crippen molar-refractivity contribution in [3.8, 4) is 5.75 Å². The monoisotopic (exact) mass is 282 g/mol. The minimum Gasteiger partial charge on any atom is -0.487 e. The van der Waals surface area contributed by atoms with Crippen molar-refractivity contribution in [3.63, 3.8) is 0 Å². The van der Waals surface area contributed by atoms with Crippen molar-refractivity contribution < 1.29 is 14.6 Å². The third kappa shape index (κ3) is 3.20. The zero-order valence-electron chi connectivity index (χ0n) is 11.3. The van der Waals surface area contributed by atoms with E-state index >= 15 is 0 Å². The highest BCUT2D eigenvalue weighted by Gasteiger charge is 2.04. The van der Waals surface area contributed by atoms with Gasteiger partial charge in [-0.1, -0.05) is 18.2 Å². The minimum absolute atomic E-state index is 0.00837. The lowest BCUT2D eigenvalue weighted by molar-refractivity contribution is -0.136. The molecule has 5 heteroatoms. The summed E-state index contributed by atoms with van der Waals surface area (Å²) >= 11 is 0. The highest BCUT2D eigenvalue weighted by Crippen LogP contribution is 2.16. The molecule has 0 fully saturated rings. The van der Waals surface area contributed by atoms with Gasteiger partial charge >= 0.3 is 5.97 Å². The fraction of sp³-hybridized carbons (Fsp3) is 0.125. The van der Waals surface area contributed by atoms with E-state index in [1.165, 1.54) is 0 Å². The van der Waals surface area contributed by atoms with E-state index in [4.69, 9.17) is 9.84 Å². The van der Waals surface area contributed by atoms with Gasteiger partial charge in [0.25, 0.3) is 0 Å². The van der Waals surface area contributed by atoms with E-state index in [0.29, 0.717) is 12.4 Å². The Morgan fingerprint density at radius 1 is 1.24 bits per heavy atom. The Bertz CT molecular complexity index is 747. The van der Waals surface area contributed by atoms with E-state index in [0.717, 1.165) is 16.9 Å². The molecule has 0 bridgehead atoms. The molecule has 1 aromatic carbocycles. The zero-order valence-corrected chi connectivity index (χ0v) is 11.3. The first kappa shape index (κ1) is 13.2. The van der Waals surface area contributed by atoms with Gasteiger partial charge in [-0.05, 0) is 29.8 Å². The van der Waals surface area contributed by atoms with Crippen LogP contribution in [0.2, 0.25) is 0 Å². The van der Waals surface area contributed by atoms with Crippen LogP contribution < -0.4 is 4.74 Å². The second-order valence-corrected chi connectivity index (χ2v) is 4.70. The van der Waals surface area contributed by atoms with Gasteiger partial charge in [-0.15, -0.1) is 0 Å². The Morgan fingerprint density at radius 2 is 2.14 bits per heavy atom. The van der Waals surface area contributed by atoms with Crippen LogP contribution in [0.15, 0.2) is 54.9 Å². The molecule has 0 atom stereocenters. The lowest BCUT2D eigenvalue weighted by Crippen LogP contribution is -2.01. The molecule has 5 nitrogen and oxygen atoms in total. The lowest BCUT2D eigenvalue weighted by atomic mass is 10.1. The van der Waals surface area contributed by atoms with Crippen LogP contribution in [0.3, 0.4) is 0 Å². The van der Waals surface area contributed by atoms with Crippen LogP contribution in [0.5, 0.6) is 5.75 Å². The molecule has 1 N–H and O–H groups in total. The predicted molar refractivity (Wildman–Crippen MR) is 77.3 cm³/mol. The summed E-state index contributed by atoms with van der Waals surface area (Å²) in [6.45, 7) is 0.345. The van der Waals surface area contributed by atoms with Gasteiger partial charge in [0.15, 0.2) is 0 Å². The third-order valence-electron chi connectivity index (χ3n) is 3.05. The Kier molecular flexibility index (Phi) is 3.55. The number of nitrogens with zero attached hydrogens (tertiary/aromatic N) is 2. The number of aromatic nitrogens is 2. The predicted octanol–water partition coefficient (Wildman–Crippen LogP) is 2.54. The summed E-state index contributed by atoms with van der Waals surface area (Å²) in [5.74, 6) is -0.210. The molecule has 0 aliphatic heterocycles. The number of fused-ring (bicyclic) bond motifs is 1. The maximum atomic E-state index is 10.7. The molecular formula is C16H14N2O3. The van der Waals surface area contributed by atoms with Crippen molar-refractivity contribution in [2.24, 2.45) is 0 Å². The van der Waals surface area contributed by atoms with Gasteiger partial charge in [-0.2, -0.15) is 0 Å². The third-order valence-corrected chi connectivity index (χ3v) is 3.05. The van der Waals surface area contributed by atoms with E-state index in [1.807, 2.05) is 35.0 Å². The number of carbonyl (C=O) groups is 1. The smallest absolute Gasteiger partial charge is 0.307 e. The van der Waals surface area contributed by atoms with Crippen molar-refractivity contribution in [1.29, 1.82) is 0 Å². The van der Waals surface area contributed by atoms with Crippen LogP contribution in [-0.2, 0) is 17.8 Å². The van der Waals surface area contributed by atoms with Crippen LogP contribution in [0.4, 0.5) is 0 Å². The number of pyridine rings is 1. The van der Waals surface area contributed by atoms with Gasteiger partial charge in [0.2, 0.25) is 0 Å². The summed E-state index contributed by atoms with van der Waals surface area (Å²) in [5, 5.41) is 8.79. The Balaban J connectivity index is 1.70. The summed E-state index contributed by atoms with van der Waals surface area (Å²) in [5.41, 5.74) is 2.41. The number of hydrogen-bond acceptors (Lipinski definition) is 3. The second kappa shape index (κ2) is 5.66. The SMILES string of the molecule is O=C(O)Cc1cccc(OCc2cn3ccccc3n2)c1. The molecule has 0 aliphatic rings. The van der Waals surface area contributed by atoms with Crippen molar-refractivity contribution >= 4 is 11.6 Å². The van der Waals surface area contributed by atoms with Gasteiger partial charge in [-0.25, -0.2) is 4.98 Å². The molecular weight excluding hydrogens is 268 g/mol. The van der Waals surface area contributed by atoms with Crippen LogP contribution in [0.25, 0.3) is 5.65 Å². The van der Waals surface area contributed by atoms with Gasteiger partial charge in [0.1, 0.15) is 18.0 Å². The topological polar surface area (TPSA) is 63.8 Å². The summed E-state index contributed by atoms with van der Waals surface area (Å²) in [4.78, 5) is 15.1. The molecule has 0 saturated carbocycles. The molecule has 0 aliphatic carbocycles. The lowest BCUT2D eigenvalue weighted by Gasteiger charge is -2.05. The van der Waals surface area contributed by atoms with Gasteiger partial charge < -0.3 is 14.2 Å². The maximum absolute atomic E-state index is 10.7. The molecule has 2 aromatic heterocycles. The summed E-state index contributed by atoms with van der Waals surface area (Å²) in [7, 11) is 0. The molecule has 0 spiro atoms. The van der Waals surface area contributed by atoms with Crippen LogP contribution in [0, 0.1) is 0 Å². The average Bonchev–Trinajstić information content (AvgIpc) is 2.87. The number of carboxylic acid groups (broad SMARTS) is 1. The first-order valence-electron chi connectivity index (χ1n) is 6.57. The van der Waals surface area contributed by atoms with Gasteiger partial charge in [-0.3, -0.25) is 4.79 Å². The Labute approximate surface area is 121 Å². The van der Waals surface area contributed by atoms with E-state index in [2.05, 4.69) is 4.98 Å². The highest BCUT2D eigenvalue weighted by atomic mass is 16.5. The number of ether oxygens (including phenoxy) is 1. The van der Waals surface area contributed by atoms with Crippen molar-refractivity contribution in [1.82, 2.24) is 9.38 Å². The fourth-order valence-corrected chi connectivity index (χ4v) is 2.13. The highest BCUT2D eigenvalue weighted by molar-refractivity contribution is 5.70. The summed E-state index contributed by atoms with van der Waals surface area (Å²) in [6, 6.07) is 12.9. The van der Waals surface area contributed by atoms with Crippen LogP contribution >= 0.6 is 0 Å². The number of rotatable bonds is 5. The molecule has 3 aromatic rings. The summed E-state index contributed by atoms with van der Waals surface area (Å²) in [6.07, 6.45) is 3.83. The largest absolute Gasteiger partial charge is 0.487 e. The zero-order chi connectivity index (χ0) is 14.7. The molecule has 0 amide bonds. The average molecular weight is 282 g/mol. The molecule has 2 heterocycles. The number of aliphatic carboxylic acids is 1. The van der Waals surface area contributed by atoms with Crippen molar-refractivity contribution in [3.05, 3.63) is 66.1 Å². The molecule has 21 heavy (non-hydrogen) atoms.